The Labute approximate surface area is 293 Å². The number of nitrogens with zero attached hydrogens (tertiary/aromatic N) is 1. The zero-order valence-electron chi connectivity index (χ0n) is 26.5. The van der Waals surface area contributed by atoms with Gasteiger partial charge in [0.05, 0.1) is 20.9 Å². The molecule has 7 rings (SSSR count). The summed E-state index contributed by atoms with van der Waals surface area (Å²) in [5, 5.41) is 11.4. The molecule has 256 valence electrons. The molecule has 1 heterocycles. The lowest BCUT2D eigenvalue weighted by Crippen LogP contribution is -2.13. The summed E-state index contributed by atoms with van der Waals surface area (Å²) in [5.41, 5.74) is 40.9. The third-order valence-corrected chi connectivity index (χ3v) is 10.3. The molecule has 0 spiro atoms. The van der Waals surface area contributed by atoms with Crippen molar-refractivity contribution in [3.63, 3.8) is 0 Å². The first-order valence-corrected chi connectivity index (χ1v) is 17.3. The molecule has 5 aromatic rings. The van der Waals surface area contributed by atoms with Gasteiger partial charge in [-0.15, -0.1) is 11.8 Å². The van der Waals surface area contributed by atoms with Crippen LogP contribution in [-0.2, 0) is 14.9 Å². The number of rotatable bonds is 5. The van der Waals surface area contributed by atoms with Crippen LogP contribution in [0.2, 0.25) is 0 Å². The fraction of sp³-hybridized carbons (Fsp3) is 0.0556. The van der Waals surface area contributed by atoms with E-state index in [0.717, 1.165) is 22.5 Å². The smallest absolute Gasteiger partial charge is 0.296 e. The van der Waals surface area contributed by atoms with Gasteiger partial charge in [-0.3, -0.25) is 14.7 Å². The summed E-state index contributed by atoms with van der Waals surface area (Å²) in [5.74, 6) is 0. The average Bonchev–Trinajstić information content (AvgIpc) is 3.81. The van der Waals surface area contributed by atoms with E-state index in [1.165, 1.54) is 23.8 Å². The van der Waals surface area contributed by atoms with E-state index in [0.29, 0.717) is 33.4 Å². The molecule has 0 saturated carbocycles. The van der Waals surface area contributed by atoms with Crippen molar-refractivity contribution >= 4 is 56.0 Å². The highest BCUT2D eigenvalue weighted by atomic mass is 32.2. The summed E-state index contributed by atoms with van der Waals surface area (Å²) < 4.78 is 31.5. The van der Waals surface area contributed by atoms with Gasteiger partial charge in [0.2, 0.25) is 0 Å². The Morgan fingerprint density at radius 2 is 1.20 bits per heavy atom. The molecule has 14 heteroatoms. The number of fused-ring (bicyclic) bond motifs is 1. The molecule has 13 N–H and O–H groups in total. The number of benzene rings is 5. The Morgan fingerprint density at radius 3 is 1.74 bits per heavy atom. The van der Waals surface area contributed by atoms with Crippen LogP contribution in [0, 0.1) is 10.1 Å². The molecule has 1 aliphatic carbocycles. The maximum atomic E-state index is 11.1. The molecule has 0 amide bonds. The highest BCUT2D eigenvalue weighted by Gasteiger charge is 2.54. The van der Waals surface area contributed by atoms with Gasteiger partial charge in [0.25, 0.3) is 15.8 Å². The lowest BCUT2D eigenvalue weighted by atomic mass is 9.92. The first kappa shape index (κ1) is 35.3. The van der Waals surface area contributed by atoms with E-state index in [1.807, 2.05) is 30.0 Å². The summed E-state index contributed by atoms with van der Waals surface area (Å²) in [6, 6.07) is 31.0. The van der Waals surface area contributed by atoms with Crippen molar-refractivity contribution in [3.05, 3.63) is 149 Å². The standard InChI is InChI=1S/C12H11N3O2.C12H12N2O3S.C12H12N2S/c13-9-3-1-8(2-4-9)11-6-5-10(14)7-12(11)15(16)17;13-10-4-1-8(2-5-10)9-3-6-11(14)12(7-9)18(15,16)17;13-9-3-1-8(2-4-9)12-6-5-10(14)7-11(12)15-12/h1-7H,13-14H2;1-7H,13-14H2,(H,15,16,17);1-7,11H,13-14H2. The van der Waals surface area contributed by atoms with Crippen LogP contribution in [0.4, 0.5) is 34.1 Å². The van der Waals surface area contributed by atoms with Crippen molar-refractivity contribution in [2.75, 3.05) is 28.7 Å². The van der Waals surface area contributed by atoms with Crippen molar-refractivity contribution in [1.29, 1.82) is 0 Å². The molecule has 0 aromatic heterocycles. The third kappa shape index (κ3) is 8.18. The number of hydrogen-bond acceptors (Lipinski definition) is 11. The van der Waals surface area contributed by atoms with Gasteiger partial charge in [-0.2, -0.15) is 8.42 Å². The Hall–Kier alpha value is -5.96. The van der Waals surface area contributed by atoms with Crippen LogP contribution in [0.3, 0.4) is 0 Å². The van der Waals surface area contributed by atoms with E-state index >= 15 is 0 Å². The van der Waals surface area contributed by atoms with Crippen LogP contribution in [0.25, 0.3) is 22.3 Å². The normalized spacial score (nSPS) is 17.1. The number of nitrogens with two attached hydrogens (primary N) is 6. The number of anilines is 5. The molecule has 1 aliphatic heterocycles. The number of thioether (sulfide) groups is 1. The van der Waals surface area contributed by atoms with Crippen molar-refractivity contribution in [2.24, 2.45) is 5.73 Å². The number of nitro groups is 1. The fourth-order valence-corrected chi connectivity index (χ4v) is 7.13. The molecule has 2 aliphatic rings. The second kappa shape index (κ2) is 14.3. The van der Waals surface area contributed by atoms with E-state index in [9.17, 15) is 18.5 Å². The molecular formula is C36H35N7O5S2. The van der Waals surface area contributed by atoms with E-state index < -0.39 is 15.0 Å². The minimum atomic E-state index is -4.32. The van der Waals surface area contributed by atoms with Gasteiger partial charge < -0.3 is 34.4 Å². The minimum Gasteiger partial charge on any atom is -0.399 e. The molecule has 12 nitrogen and oxygen atoms in total. The third-order valence-electron chi connectivity index (χ3n) is 7.89. The molecule has 50 heavy (non-hydrogen) atoms. The number of allylic oxidation sites excluding steroid dienone is 1. The van der Waals surface area contributed by atoms with Gasteiger partial charge in [0.15, 0.2) is 0 Å². The van der Waals surface area contributed by atoms with Gasteiger partial charge >= 0.3 is 0 Å². The van der Waals surface area contributed by atoms with Crippen LogP contribution in [0.5, 0.6) is 0 Å². The number of nitro benzene ring substituents is 1. The summed E-state index contributed by atoms with van der Waals surface area (Å²) in [6.45, 7) is 0. The van der Waals surface area contributed by atoms with Crippen LogP contribution in [0.1, 0.15) is 5.56 Å². The zero-order valence-corrected chi connectivity index (χ0v) is 28.1. The zero-order chi connectivity index (χ0) is 36.2. The Balaban J connectivity index is 0.000000146. The lowest BCUT2D eigenvalue weighted by Gasteiger charge is -2.13. The van der Waals surface area contributed by atoms with Gasteiger partial charge in [0.1, 0.15) is 4.90 Å². The van der Waals surface area contributed by atoms with Crippen molar-refractivity contribution < 1.29 is 17.9 Å². The largest absolute Gasteiger partial charge is 0.399 e. The summed E-state index contributed by atoms with van der Waals surface area (Å²) >= 11 is 1.93. The SMILES string of the molecule is NC1=CC2SC2(c2ccc(N)cc2)C=C1.Nc1ccc(-c2ccc(N)c(S(=O)(=O)O)c2)cc1.Nc1ccc(-c2ccc(N)cc2[N+](=O)[O-])cc1. The van der Waals surface area contributed by atoms with Crippen LogP contribution < -0.4 is 34.4 Å². The minimum absolute atomic E-state index is 0.00484. The average molecular weight is 710 g/mol. The molecular weight excluding hydrogens is 675 g/mol. The molecule has 1 saturated heterocycles. The lowest BCUT2D eigenvalue weighted by molar-refractivity contribution is -0.384. The second-order valence-corrected chi connectivity index (χ2v) is 14.3. The molecule has 5 aromatic carbocycles. The Kier molecular flexibility index (Phi) is 10.1. The van der Waals surface area contributed by atoms with Gasteiger partial charge in [-0.1, -0.05) is 48.5 Å². The maximum absolute atomic E-state index is 11.1. The monoisotopic (exact) mass is 709 g/mol. The van der Waals surface area contributed by atoms with Gasteiger partial charge in [0, 0.05) is 39.8 Å². The van der Waals surface area contributed by atoms with Crippen LogP contribution >= 0.6 is 11.8 Å². The quantitative estimate of drug-likeness (QED) is 0.0355. The predicted octanol–water partition coefficient (Wildman–Crippen LogP) is 6.18. The van der Waals surface area contributed by atoms with E-state index in [2.05, 4.69) is 24.3 Å². The second-order valence-electron chi connectivity index (χ2n) is 11.5. The highest BCUT2D eigenvalue weighted by Crippen LogP contribution is 2.64. The van der Waals surface area contributed by atoms with E-state index in [-0.39, 0.29) is 21.0 Å². The van der Waals surface area contributed by atoms with E-state index in [1.54, 1.807) is 66.7 Å². The summed E-state index contributed by atoms with van der Waals surface area (Å²) in [4.78, 5) is 10.2. The van der Waals surface area contributed by atoms with Crippen molar-refractivity contribution in [1.82, 2.24) is 0 Å². The van der Waals surface area contributed by atoms with Crippen LogP contribution in [0.15, 0.2) is 138 Å². The number of nitrogen functional groups attached to an aromatic ring is 5. The van der Waals surface area contributed by atoms with Gasteiger partial charge in [-0.05, 0) is 95.1 Å². The maximum Gasteiger partial charge on any atom is 0.296 e. The predicted molar refractivity (Wildman–Crippen MR) is 203 cm³/mol. The van der Waals surface area contributed by atoms with Crippen LogP contribution in [-0.4, -0.2) is 23.1 Å². The molecule has 2 atom stereocenters. The summed E-state index contributed by atoms with van der Waals surface area (Å²) in [7, 11) is -4.32. The molecule has 2 unspecified atom stereocenters. The Bertz CT molecular complexity index is 2210. The molecule has 0 bridgehead atoms. The van der Waals surface area contributed by atoms with Crippen molar-refractivity contribution in [3.8, 4) is 22.3 Å². The Morgan fingerprint density at radius 1 is 0.680 bits per heavy atom. The first-order chi connectivity index (χ1) is 23.7. The first-order valence-electron chi connectivity index (χ1n) is 15.0. The van der Waals surface area contributed by atoms with E-state index in [4.69, 9.17) is 39.0 Å². The topological polar surface area (TPSA) is 254 Å². The molecule has 1 fully saturated rings. The highest BCUT2D eigenvalue weighted by molar-refractivity contribution is 8.08. The fourth-order valence-electron chi connectivity index (χ4n) is 5.21. The summed E-state index contributed by atoms with van der Waals surface area (Å²) in [6.07, 6.45) is 6.32. The van der Waals surface area contributed by atoms with Gasteiger partial charge in [-0.25, -0.2) is 0 Å². The molecule has 0 radical (unpaired) electrons. The van der Waals surface area contributed by atoms with Crippen molar-refractivity contribution in [2.45, 2.75) is 14.9 Å². The number of hydrogen-bond donors (Lipinski definition) is 7.